The fourth-order valence-electron chi connectivity index (χ4n) is 3.91. The third-order valence-corrected chi connectivity index (χ3v) is 6.24. The summed E-state index contributed by atoms with van der Waals surface area (Å²) in [6.45, 7) is 6.53. The number of aromatic nitrogens is 1. The van der Waals surface area contributed by atoms with Crippen LogP contribution in [0.15, 0.2) is 23.1 Å². The number of alkyl halides is 3. The lowest BCUT2D eigenvalue weighted by molar-refractivity contribution is -0.122. The van der Waals surface area contributed by atoms with Gasteiger partial charge in [-0.3, -0.25) is 4.79 Å². The molecule has 0 saturated heterocycles. The molecule has 142 valence electrons. The molecule has 1 amide bonds. The Kier molecular flexibility index (Phi) is 5.27. The third kappa shape index (κ3) is 4.91. The number of anilines is 1. The van der Waals surface area contributed by atoms with Gasteiger partial charge in [-0.05, 0) is 60.6 Å². The summed E-state index contributed by atoms with van der Waals surface area (Å²) in [5, 5.41) is 3.31. The second-order valence-electron chi connectivity index (χ2n) is 7.80. The lowest BCUT2D eigenvalue weighted by Gasteiger charge is -2.38. The number of fused-ring (bicyclic) bond motifs is 1. The van der Waals surface area contributed by atoms with Crippen LogP contribution in [0.3, 0.4) is 0 Å². The molecule has 2 unspecified atom stereocenters. The number of nitrogens with one attached hydrogen (secondary N) is 1. The standard InChI is InChI=1S/C18H21F3N2OS2/c1-10-6-11(9-17(2,3)8-10)15(24)23-16-22-13-5-4-12(7-14(13)25-16)26-18(19,20)21/h4-5,7,10-11H,6,8-9H2,1-3H3,(H,22,23,24). The summed E-state index contributed by atoms with van der Waals surface area (Å²) >= 11 is 1.06. The topological polar surface area (TPSA) is 42.0 Å². The molecule has 0 bridgehead atoms. The number of rotatable bonds is 3. The molecule has 3 rings (SSSR count). The van der Waals surface area contributed by atoms with E-state index in [1.54, 1.807) is 6.07 Å². The number of carbonyl (C=O) groups is 1. The molecule has 0 aliphatic heterocycles. The molecule has 8 heteroatoms. The number of halogens is 3. The Morgan fingerprint density at radius 3 is 2.73 bits per heavy atom. The number of nitrogens with zero attached hydrogens (tertiary/aromatic N) is 1. The minimum Gasteiger partial charge on any atom is -0.302 e. The van der Waals surface area contributed by atoms with E-state index >= 15 is 0 Å². The first-order valence-electron chi connectivity index (χ1n) is 8.48. The molecular formula is C18H21F3N2OS2. The van der Waals surface area contributed by atoms with Gasteiger partial charge < -0.3 is 5.32 Å². The Bertz CT molecular complexity index is 816. The van der Waals surface area contributed by atoms with E-state index in [2.05, 4.69) is 31.1 Å². The molecule has 3 nitrogen and oxygen atoms in total. The van der Waals surface area contributed by atoms with Gasteiger partial charge in [-0.1, -0.05) is 32.1 Å². The van der Waals surface area contributed by atoms with Crippen LogP contribution in [0, 0.1) is 17.3 Å². The molecule has 1 aromatic heterocycles. The van der Waals surface area contributed by atoms with Crippen molar-refractivity contribution < 1.29 is 18.0 Å². The van der Waals surface area contributed by atoms with Gasteiger partial charge >= 0.3 is 5.51 Å². The molecule has 1 saturated carbocycles. The van der Waals surface area contributed by atoms with Gasteiger partial charge in [0.1, 0.15) is 0 Å². The number of thiazole rings is 1. The van der Waals surface area contributed by atoms with Crippen LogP contribution < -0.4 is 5.32 Å². The highest BCUT2D eigenvalue weighted by atomic mass is 32.2. The highest BCUT2D eigenvalue weighted by Gasteiger charge is 2.35. The van der Waals surface area contributed by atoms with Crippen molar-refractivity contribution in [2.45, 2.75) is 50.4 Å². The van der Waals surface area contributed by atoms with E-state index in [4.69, 9.17) is 0 Å². The van der Waals surface area contributed by atoms with E-state index in [1.807, 2.05) is 0 Å². The van der Waals surface area contributed by atoms with Crippen LogP contribution in [0.25, 0.3) is 10.2 Å². The van der Waals surface area contributed by atoms with Crippen molar-refractivity contribution >= 4 is 44.4 Å². The van der Waals surface area contributed by atoms with Crippen molar-refractivity contribution in [3.05, 3.63) is 18.2 Å². The maximum atomic E-state index is 12.6. The maximum absolute atomic E-state index is 12.6. The van der Waals surface area contributed by atoms with Gasteiger partial charge in [-0.15, -0.1) is 0 Å². The Hall–Kier alpha value is -1.28. The molecule has 1 aliphatic rings. The van der Waals surface area contributed by atoms with Crippen LogP contribution in [0.1, 0.15) is 40.0 Å². The van der Waals surface area contributed by atoms with Crippen LogP contribution in [-0.2, 0) is 4.79 Å². The fraction of sp³-hybridized carbons (Fsp3) is 0.556. The summed E-state index contributed by atoms with van der Waals surface area (Å²) in [4.78, 5) is 17.1. The van der Waals surface area contributed by atoms with Gasteiger partial charge in [-0.25, -0.2) is 4.98 Å². The molecule has 1 aliphatic carbocycles. The molecule has 1 heterocycles. The minimum atomic E-state index is -4.32. The fourth-order valence-corrected chi connectivity index (χ4v) is 5.47. The Morgan fingerprint density at radius 2 is 2.08 bits per heavy atom. The predicted molar refractivity (Wildman–Crippen MR) is 100 cm³/mol. The van der Waals surface area contributed by atoms with Crippen LogP contribution >= 0.6 is 23.1 Å². The normalized spacial score (nSPS) is 23.2. The van der Waals surface area contributed by atoms with Gasteiger partial charge in [0.25, 0.3) is 0 Å². The van der Waals surface area contributed by atoms with Gasteiger partial charge in [0.15, 0.2) is 5.13 Å². The van der Waals surface area contributed by atoms with E-state index < -0.39 is 5.51 Å². The van der Waals surface area contributed by atoms with Gasteiger partial charge in [-0.2, -0.15) is 13.2 Å². The zero-order valence-electron chi connectivity index (χ0n) is 14.8. The third-order valence-electron chi connectivity index (χ3n) is 4.58. The molecule has 2 atom stereocenters. The number of hydrogen-bond acceptors (Lipinski definition) is 4. The van der Waals surface area contributed by atoms with E-state index in [1.165, 1.54) is 23.5 Å². The number of thioether (sulfide) groups is 1. The van der Waals surface area contributed by atoms with E-state index in [-0.39, 0.29) is 33.9 Å². The minimum absolute atomic E-state index is 0.0476. The molecule has 0 spiro atoms. The molecule has 0 radical (unpaired) electrons. The van der Waals surface area contributed by atoms with E-state index in [0.717, 1.165) is 19.3 Å². The second-order valence-corrected chi connectivity index (χ2v) is 9.96. The summed E-state index contributed by atoms with van der Waals surface area (Å²) in [7, 11) is 0. The molecule has 1 fully saturated rings. The summed E-state index contributed by atoms with van der Waals surface area (Å²) in [6, 6.07) is 4.42. The summed E-state index contributed by atoms with van der Waals surface area (Å²) in [6.07, 6.45) is 2.80. The quantitative estimate of drug-likeness (QED) is 0.612. The Balaban J connectivity index is 1.73. The summed E-state index contributed by atoms with van der Waals surface area (Å²) < 4.78 is 38.2. The Labute approximate surface area is 158 Å². The maximum Gasteiger partial charge on any atom is 0.446 e. The highest BCUT2D eigenvalue weighted by Crippen LogP contribution is 2.42. The average Bonchev–Trinajstić information content (AvgIpc) is 2.84. The molecular weight excluding hydrogens is 381 g/mol. The monoisotopic (exact) mass is 402 g/mol. The smallest absolute Gasteiger partial charge is 0.302 e. The Morgan fingerprint density at radius 1 is 1.35 bits per heavy atom. The van der Waals surface area contributed by atoms with Gasteiger partial charge in [0.2, 0.25) is 5.91 Å². The largest absolute Gasteiger partial charge is 0.446 e. The first-order chi connectivity index (χ1) is 12.0. The zero-order valence-corrected chi connectivity index (χ0v) is 16.4. The van der Waals surface area contributed by atoms with E-state index in [0.29, 0.717) is 21.3 Å². The lowest BCUT2D eigenvalue weighted by Crippen LogP contribution is -2.34. The number of carbonyl (C=O) groups excluding carboxylic acids is 1. The van der Waals surface area contributed by atoms with Crippen molar-refractivity contribution in [3.8, 4) is 0 Å². The van der Waals surface area contributed by atoms with E-state index in [9.17, 15) is 18.0 Å². The van der Waals surface area contributed by atoms with Crippen LogP contribution in [0.4, 0.5) is 18.3 Å². The van der Waals surface area contributed by atoms with Crippen molar-refractivity contribution in [1.82, 2.24) is 4.98 Å². The number of amides is 1. The first-order valence-corrected chi connectivity index (χ1v) is 10.1. The first kappa shape index (κ1) is 19.5. The number of benzene rings is 1. The highest BCUT2D eigenvalue weighted by molar-refractivity contribution is 8.00. The second kappa shape index (κ2) is 7.03. The molecule has 26 heavy (non-hydrogen) atoms. The molecule has 2 aromatic rings. The van der Waals surface area contributed by atoms with Gasteiger partial charge in [0, 0.05) is 10.8 Å². The lowest BCUT2D eigenvalue weighted by atomic mass is 9.68. The van der Waals surface area contributed by atoms with Crippen molar-refractivity contribution in [2.75, 3.05) is 5.32 Å². The van der Waals surface area contributed by atoms with Crippen LogP contribution in [0.5, 0.6) is 0 Å². The molecule has 1 aromatic carbocycles. The molecule has 1 N–H and O–H groups in total. The van der Waals surface area contributed by atoms with Crippen molar-refractivity contribution in [1.29, 1.82) is 0 Å². The van der Waals surface area contributed by atoms with Crippen LogP contribution in [0.2, 0.25) is 0 Å². The SMILES string of the molecule is CC1CC(C(=O)Nc2nc3ccc(SC(F)(F)F)cc3s2)CC(C)(C)C1. The van der Waals surface area contributed by atoms with Crippen molar-refractivity contribution in [3.63, 3.8) is 0 Å². The van der Waals surface area contributed by atoms with Crippen LogP contribution in [-0.4, -0.2) is 16.4 Å². The zero-order chi connectivity index (χ0) is 19.1. The summed E-state index contributed by atoms with van der Waals surface area (Å²) in [5.74, 6) is 0.387. The van der Waals surface area contributed by atoms with Crippen molar-refractivity contribution in [2.24, 2.45) is 17.3 Å². The predicted octanol–water partition coefficient (Wildman–Crippen LogP) is 6.31. The summed E-state index contributed by atoms with van der Waals surface area (Å²) in [5.41, 5.74) is -3.59. The van der Waals surface area contributed by atoms with Gasteiger partial charge in [0.05, 0.1) is 10.2 Å². The average molecular weight is 403 g/mol. The number of hydrogen-bond donors (Lipinski definition) is 1.